The lowest BCUT2D eigenvalue weighted by atomic mass is 9.79. The maximum absolute atomic E-state index is 14.3. The molecule has 1 N–H and O–H groups in total. The van der Waals surface area contributed by atoms with Gasteiger partial charge in [0.25, 0.3) is 0 Å². The molecule has 0 aromatic heterocycles. The number of hydrogen-bond donors (Lipinski definition) is 1. The number of halogens is 1. The van der Waals surface area contributed by atoms with Gasteiger partial charge >= 0.3 is 0 Å². The summed E-state index contributed by atoms with van der Waals surface area (Å²) in [7, 11) is 0. The molecule has 0 amide bonds. The molecule has 118 valence electrons. The highest BCUT2D eigenvalue weighted by atomic mass is 19.1. The summed E-state index contributed by atoms with van der Waals surface area (Å²) in [5, 5.41) is 19.5. The third-order valence-corrected chi connectivity index (χ3v) is 5.00. The molecule has 5 heteroatoms. The molecule has 0 saturated carbocycles. The normalized spacial score (nSPS) is 32.0. The van der Waals surface area contributed by atoms with E-state index >= 15 is 0 Å². The molecule has 2 aliphatic rings. The number of nitriles is 1. The second-order valence-electron chi connectivity index (χ2n) is 6.47. The molecule has 2 heterocycles. The smallest absolute Gasteiger partial charge is 0.147 e. The van der Waals surface area contributed by atoms with Crippen LogP contribution in [0.25, 0.3) is 0 Å². The Balaban J connectivity index is 1.89. The molecule has 3 atom stereocenters. The third-order valence-electron chi connectivity index (χ3n) is 5.00. The fraction of sp³-hybridized carbons (Fsp3) is 0.588. The van der Waals surface area contributed by atoms with Gasteiger partial charge in [-0.05, 0) is 44.4 Å². The van der Waals surface area contributed by atoms with Crippen LogP contribution in [-0.2, 0) is 4.74 Å². The number of aliphatic hydroxyl groups is 1. The maximum atomic E-state index is 14.3. The van der Waals surface area contributed by atoms with Crippen molar-refractivity contribution in [1.82, 2.24) is 0 Å². The molecule has 0 radical (unpaired) electrons. The zero-order chi connectivity index (χ0) is 15.7. The van der Waals surface area contributed by atoms with Crippen LogP contribution in [-0.4, -0.2) is 36.5 Å². The van der Waals surface area contributed by atoms with Crippen molar-refractivity contribution in [1.29, 1.82) is 5.26 Å². The lowest BCUT2D eigenvalue weighted by Crippen LogP contribution is -2.52. The first-order valence-electron chi connectivity index (χ1n) is 7.79. The van der Waals surface area contributed by atoms with Crippen molar-refractivity contribution < 1.29 is 14.2 Å². The molecule has 3 rings (SSSR count). The van der Waals surface area contributed by atoms with Crippen LogP contribution in [0.3, 0.4) is 0 Å². The first kappa shape index (κ1) is 15.3. The largest absolute Gasteiger partial charge is 0.390 e. The van der Waals surface area contributed by atoms with Gasteiger partial charge < -0.3 is 14.7 Å². The van der Waals surface area contributed by atoms with E-state index in [2.05, 4.69) is 0 Å². The van der Waals surface area contributed by atoms with E-state index in [4.69, 9.17) is 10.00 Å². The summed E-state index contributed by atoms with van der Waals surface area (Å²) in [6.07, 6.45) is 2.50. The lowest BCUT2D eigenvalue weighted by Gasteiger charge is -2.43. The topological polar surface area (TPSA) is 56.5 Å². The molecule has 2 aliphatic heterocycles. The summed E-state index contributed by atoms with van der Waals surface area (Å²) in [5.74, 6) is -0.402. The van der Waals surface area contributed by atoms with Gasteiger partial charge in [0.1, 0.15) is 5.82 Å². The zero-order valence-corrected chi connectivity index (χ0v) is 12.8. The summed E-state index contributed by atoms with van der Waals surface area (Å²) in [6, 6.07) is 6.61. The van der Waals surface area contributed by atoms with Crippen LogP contribution in [0.1, 0.15) is 31.7 Å². The highest BCUT2D eigenvalue weighted by Crippen LogP contribution is 2.38. The van der Waals surface area contributed by atoms with Crippen molar-refractivity contribution in [3.05, 3.63) is 29.6 Å². The Labute approximate surface area is 130 Å². The Bertz CT molecular complexity index is 597. The maximum Gasteiger partial charge on any atom is 0.147 e. The molecule has 2 fully saturated rings. The number of benzene rings is 1. The van der Waals surface area contributed by atoms with E-state index in [0.29, 0.717) is 30.9 Å². The molecule has 0 aliphatic carbocycles. The molecule has 0 spiro atoms. The molecule has 1 aromatic rings. The Hall–Kier alpha value is -1.64. The Morgan fingerprint density at radius 3 is 3.00 bits per heavy atom. The summed E-state index contributed by atoms with van der Waals surface area (Å²) < 4.78 is 19.9. The van der Waals surface area contributed by atoms with Crippen molar-refractivity contribution in [2.45, 2.75) is 37.8 Å². The SMILES string of the molecule is CC1(O)CCOCC1C1CCCN1c1ccc(C#N)cc1F. The summed E-state index contributed by atoms with van der Waals surface area (Å²) in [4.78, 5) is 2.03. The van der Waals surface area contributed by atoms with Crippen LogP contribution in [0.15, 0.2) is 18.2 Å². The van der Waals surface area contributed by atoms with Crippen molar-refractivity contribution >= 4 is 5.69 Å². The van der Waals surface area contributed by atoms with Crippen molar-refractivity contribution in [2.24, 2.45) is 5.92 Å². The monoisotopic (exact) mass is 304 g/mol. The number of ether oxygens (including phenoxy) is 1. The van der Waals surface area contributed by atoms with Gasteiger partial charge in [-0.15, -0.1) is 0 Å². The van der Waals surface area contributed by atoms with Crippen molar-refractivity contribution in [3.8, 4) is 6.07 Å². The van der Waals surface area contributed by atoms with Gasteiger partial charge in [-0.3, -0.25) is 0 Å². The van der Waals surface area contributed by atoms with Gasteiger partial charge in [0, 0.05) is 25.1 Å². The van der Waals surface area contributed by atoms with E-state index in [9.17, 15) is 9.50 Å². The van der Waals surface area contributed by atoms with Crippen LogP contribution < -0.4 is 4.90 Å². The third kappa shape index (κ3) is 2.69. The van der Waals surface area contributed by atoms with E-state index in [1.807, 2.05) is 17.9 Å². The minimum absolute atomic E-state index is 0.0289. The predicted molar refractivity (Wildman–Crippen MR) is 81.0 cm³/mol. The summed E-state index contributed by atoms with van der Waals surface area (Å²) in [6.45, 7) is 3.69. The van der Waals surface area contributed by atoms with Gasteiger partial charge in [0.05, 0.1) is 29.5 Å². The molecule has 2 saturated heterocycles. The van der Waals surface area contributed by atoms with Gasteiger partial charge in [-0.25, -0.2) is 4.39 Å². The number of anilines is 1. The zero-order valence-electron chi connectivity index (χ0n) is 12.8. The van der Waals surface area contributed by atoms with Gasteiger partial charge in [-0.2, -0.15) is 5.26 Å². The highest BCUT2D eigenvalue weighted by Gasteiger charge is 2.44. The predicted octanol–water partition coefficient (Wildman–Crippen LogP) is 2.45. The Morgan fingerprint density at radius 2 is 2.32 bits per heavy atom. The van der Waals surface area contributed by atoms with E-state index in [0.717, 1.165) is 19.4 Å². The van der Waals surface area contributed by atoms with Crippen LogP contribution in [0, 0.1) is 23.1 Å². The Kier molecular flexibility index (Phi) is 4.07. The van der Waals surface area contributed by atoms with Gasteiger partial charge in [0.15, 0.2) is 0 Å². The van der Waals surface area contributed by atoms with Crippen LogP contribution in [0.5, 0.6) is 0 Å². The molecule has 22 heavy (non-hydrogen) atoms. The minimum atomic E-state index is -0.783. The fourth-order valence-corrected chi connectivity index (χ4v) is 3.70. The first-order chi connectivity index (χ1) is 10.5. The van der Waals surface area contributed by atoms with Gasteiger partial charge in [-0.1, -0.05) is 0 Å². The van der Waals surface area contributed by atoms with E-state index in [-0.39, 0.29) is 17.8 Å². The van der Waals surface area contributed by atoms with E-state index < -0.39 is 5.60 Å². The molecule has 1 aromatic carbocycles. The quantitative estimate of drug-likeness (QED) is 0.912. The highest BCUT2D eigenvalue weighted by molar-refractivity contribution is 5.53. The first-order valence-corrected chi connectivity index (χ1v) is 7.79. The van der Waals surface area contributed by atoms with Crippen LogP contribution in [0.2, 0.25) is 0 Å². The van der Waals surface area contributed by atoms with Gasteiger partial charge in [0.2, 0.25) is 0 Å². The number of rotatable bonds is 2. The standard InChI is InChI=1S/C17H21FN2O2/c1-17(21)6-8-22-11-13(17)15-3-2-7-20(15)16-5-4-12(10-19)9-14(16)18/h4-5,9,13,15,21H,2-3,6-8,11H2,1H3. The minimum Gasteiger partial charge on any atom is -0.390 e. The average Bonchev–Trinajstić information content (AvgIpc) is 2.95. The summed E-state index contributed by atoms with van der Waals surface area (Å²) in [5.41, 5.74) is 0.0575. The molecular formula is C17H21FN2O2. The summed E-state index contributed by atoms with van der Waals surface area (Å²) >= 11 is 0. The van der Waals surface area contributed by atoms with Crippen LogP contribution in [0.4, 0.5) is 10.1 Å². The van der Waals surface area contributed by atoms with Crippen LogP contribution >= 0.6 is 0 Å². The molecule has 4 nitrogen and oxygen atoms in total. The van der Waals surface area contributed by atoms with Crippen molar-refractivity contribution in [3.63, 3.8) is 0 Å². The van der Waals surface area contributed by atoms with E-state index in [1.165, 1.54) is 6.07 Å². The second-order valence-corrected chi connectivity index (χ2v) is 6.47. The number of hydrogen-bond acceptors (Lipinski definition) is 4. The number of nitrogens with zero attached hydrogens (tertiary/aromatic N) is 2. The fourth-order valence-electron chi connectivity index (χ4n) is 3.70. The van der Waals surface area contributed by atoms with E-state index in [1.54, 1.807) is 12.1 Å². The Morgan fingerprint density at radius 1 is 1.50 bits per heavy atom. The molecule has 0 bridgehead atoms. The second kappa shape index (κ2) is 5.86. The van der Waals surface area contributed by atoms with Crippen molar-refractivity contribution in [2.75, 3.05) is 24.7 Å². The average molecular weight is 304 g/mol. The lowest BCUT2D eigenvalue weighted by molar-refractivity contribution is -0.108. The molecule has 3 unspecified atom stereocenters. The molecular weight excluding hydrogens is 283 g/mol.